The van der Waals surface area contributed by atoms with Crippen LogP contribution in [0.25, 0.3) is 0 Å². The molecule has 1 saturated heterocycles. The van der Waals surface area contributed by atoms with Crippen molar-refractivity contribution in [2.45, 2.75) is 19.3 Å². The van der Waals surface area contributed by atoms with E-state index in [1.165, 1.54) is 0 Å². The van der Waals surface area contributed by atoms with E-state index in [9.17, 15) is 4.79 Å². The van der Waals surface area contributed by atoms with Gasteiger partial charge in [-0.25, -0.2) is 9.97 Å². The molecule has 2 N–H and O–H groups in total. The van der Waals surface area contributed by atoms with Crippen molar-refractivity contribution in [1.29, 1.82) is 0 Å². The first kappa shape index (κ1) is 9.89. The highest BCUT2D eigenvalue weighted by atomic mass is 16.2. The lowest BCUT2D eigenvalue weighted by Gasteiger charge is -2.14. The molecule has 5 nitrogen and oxygen atoms in total. The molecule has 0 radical (unpaired) electrons. The summed E-state index contributed by atoms with van der Waals surface area (Å²) in [7, 11) is 0. The molecule has 0 saturated carbocycles. The van der Waals surface area contributed by atoms with E-state index in [0.717, 1.165) is 18.8 Å². The predicted molar refractivity (Wildman–Crippen MR) is 56.0 cm³/mol. The number of hydrogen-bond donors (Lipinski definition) is 1. The third-order valence-electron chi connectivity index (χ3n) is 2.50. The molecule has 5 heteroatoms. The summed E-state index contributed by atoms with van der Waals surface area (Å²) in [5.41, 5.74) is 6.04. The summed E-state index contributed by atoms with van der Waals surface area (Å²) in [5.74, 6) is 0.981. The first-order valence-electron chi connectivity index (χ1n) is 5.10. The van der Waals surface area contributed by atoms with Gasteiger partial charge in [0.2, 0.25) is 5.91 Å². The fourth-order valence-electron chi connectivity index (χ4n) is 1.67. The first-order valence-corrected chi connectivity index (χ1v) is 5.10. The summed E-state index contributed by atoms with van der Waals surface area (Å²) in [6.07, 6.45) is 5.54. The Balaban J connectivity index is 1.87. The average molecular weight is 206 g/mol. The Bertz CT molecular complexity index is 349. The highest BCUT2D eigenvalue weighted by Gasteiger charge is 2.19. The Morgan fingerprint density at radius 2 is 2.13 bits per heavy atom. The molecule has 1 aromatic rings. The lowest BCUT2D eigenvalue weighted by Crippen LogP contribution is -2.27. The van der Waals surface area contributed by atoms with Crippen molar-refractivity contribution in [3.8, 4) is 0 Å². The van der Waals surface area contributed by atoms with Crippen LogP contribution in [-0.4, -0.2) is 33.9 Å². The quantitative estimate of drug-likeness (QED) is 0.768. The van der Waals surface area contributed by atoms with Gasteiger partial charge >= 0.3 is 0 Å². The van der Waals surface area contributed by atoms with Gasteiger partial charge in [0.05, 0.1) is 18.1 Å². The third kappa shape index (κ3) is 2.43. The summed E-state index contributed by atoms with van der Waals surface area (Å²) < 4.78 is 0. The Morgan fingerprint density at radius 1 is 1.40 bits per heavy atom. The highest BCUT2D eigenvalue weighted by Crippen LogP contribution is 2.09. The van der Waals surface area contributed by atoms with E-state index in [4.69, 9.17) is 5.73 Å². The van der Waals surface area contributed by atoms with E-state index in [-0.39, 0.29) is 5.91 Å². The SMILES string of the molecule is Nc1cnc(CCN2CCCC2=O)nc1. The van der Waals surface area contributed by atoms with Crippen molar-refractivity contribution in [3.05, 3.63) is 18.2 Å². The Morgan fingerprint density at radius 3 is 2.73 bits per heavy atom. The summed E-state index contributed by atoms with van der Waals surface area (Å²) in [6.45, 7) is 1.58. The van der Waals surface area contributed by atoms with Crippen molar-refractivity contribution in [1.82, 2.24) is 14.9 Å². The third-order valence-corrected chi connectivity index (χ3v) is 2.50. The molecule has 0 aliphatic carbocycles. The van der Waals surface area contributed by atoms with Gasteiger partial charge in [0.15, 0.2) is 0 Å². The van der Waals surface area contributed by atoms with Gasteiger partial charge < -0.3 is 10.6 Å². The zero-order chi connectivity index (χ0) is 10.7. The lowest BCUT2D eigenvalue weighted by atomic mass is 10.3. The van der Waals surface area contributed by atoms with E-state index in [1.807, 2.05) is 4.90 Å². The number of nitrogen functional groups attached to an aromatic ring is 1. The van der Waals surface area contributed by atoms with Crippen molar-refractivity contribution >= 4 is 11.6 Å². The van der Waals surface area contributed by atoms with Crippen LogP contribution in [0.5, 0.6) is 0 Å². The van der Waals surface area contributed by atoms with Crippen LogP contribution in [0.4, 0.5) is 5.69 Å². The Labute approximate surface area is 88.3 Å². The molecule has 0 unspecified atom stereocenters. The fourth-order valence-corrected chi connectivity index (χ4v) is 1.67. The normalized spacial score (nSPS) is 16.0. The number of likely N-dealkylation sites (tertiary alicyclic amines) is 1. The van der Waals surface area contributed by atoms with Crippen LogP contribution >= 0.6 is 0 Å². The van der Waals surface area contributed by atoms with Crippen LogP contribution in [0.1, 0.15) is 18.7 Å². The zero-order valence-electron chi connectivity index (χ0n) is 8.52. The van der Waals surface area contributed by atoms with Crippen LogP contribution in [0.3, 0.4) is 0 Å². The number of carbonyl (C=O) groups excluding carboxylic acids is 1. The molecule has 15 heavy (non-hydrogen) atoms. The maximum atomic E-state index is 11.3. The van der Waals surface area contributed by atoms with Gasteiger partial charge in [0, 0.05) is 25.9 Å². The molecule has 0 spiro atoms. The van der Waals surface area contributed by atoms with Gasteiger partial charge in [-0.3, -0.25) is 4.79 Å². The predicted octanol–water partition coefficient (Wildman–Crippen LogP) is 0.224. The summed E-state index contributed by atoms with van der Waals surface area (Å²) >= 11 is 0. The van der Waals surface area contributed by atoms with Gasteiger partial charge in [-0.1, -0.05) is 0 Å². The molecule has 0 atom stereocenters. The number of carbonyl (C=O) groups is 1. The molecule has 1 aliphatic heterocycles. The molecule has 1 amide bonds. The lowest BCUT2D eigenvalue weighted by molar-refractivity contribution is -0.127. The van der Waals surface area contributed by atoms with Gasteiger partial charge in [-0.15, -0.1) is 0 Å². The number of amides is 1. The molecule has 1 aliphatic rings. The summed E-state index contributed by atoms with van der Waals surface area (Å²) in [4.78, 5) is 21.4. The monoisotopic (exact) mass is 206 g/mol. The summed E-state index contributed by atoms with van der Waals surface area (Å²) in [5, 5.41) is 0. The van der Waals surface area contributed by atoms with Crippen LogP contribution in [0.2, 0.25) is 0 Å². The second-order valence-corrected chi connectivity index (χ2v) is 3.67. The smallest absolute Gasteiger partial charge is 0.222 e. The summed E-state index contributed by atoms with van der Waals surface area (Å²) in [6, 6.07) is 0. The Hall–Kier alpha value is -1.65. The van der Waals surface area contributed by atoms with E-state index in [2.05, 4.69) is 9.97 Å². The molecular weight excluding hydrogens is 192 g/mol. The van der Waals surface area contributed by atoms with Gasteiger partial charge in [0.25, 0.3) is 0 Å². The zero-order valence-corrected chi connectivity index (χ0v) is 8.52. The van der Waals surface area contributed by atoms with Crippen LogP contribution in [-0.2, 0) is 11.2 Å². The molecule has 80 valence electrons. The second kappa shape index (κ2) is 4.25. The molecule has 2 heterocycles. The number of aromatic nitrogens is 2. The molecule has 1 aromatic heterocycles. The number of anilines is 1. The topological polar surface area (TPSA) is 72.1 Å². The minimum atomic E-state index is 0.241. The second-order valence-electron chi connectivity index (χ2n) is 3.67. The minimum absolute atomic E-state index is 0.241. The van der Waals surface area contributed by atoms with E-state index < -0.39 is 0 Å². The Kier molecular flexibility index (Phi) is 2.80. The number of nitrogens with zero attached hydrogens (tertiary/aromatic N) is 3. The number of rotatable bonds is 3. The standard InChI is InChI=1S/C10H14N4O/c11-8-6-12-9(13-7-8)3-5-14-4-1-2-10(14)15/h6-7H,1-5,11H2. The molecular formula is C10H14N4O. The molecule has 2 rings (SSSR count). The number of hydrogen-bond acceptors (Lipinski definition) is 4. The van der Waals surface area contributed by atoms with Crippen LogP contribution < -0.4 is 5.73 Å². The van der Waals surface area contributed by atoms with Gasteiger partial charge in [0.1, 0.15) is 5.82 Å². The van der Waals surface area contributed by atoms with Crippen LogP contribution in [0.15, 0.2) is 12.4 Å². The molecule has 0 aromatic carbocycles. The van der Waals surface area contributed by atoms with Gasteiger partial charge in [-0.2, -0.15) is 0 Å². The van der Waals surface area contributed by atoms with E-state index >= 15 is 0 Å². The van der Waals surface area contributed by atoms with Crippen LogP contribution in [0, 0.1) is 0 Å². The highest BCUT2D eigenvalue weighted by molar-refractivity contribution is 5.78. The van der Waals surface area contributed by atoms with Crippen molar-refractivity contribution in [2.24, 2.45) is 0 Å². The van der Waals surface area contributed by atoms with Crippen molar-refractivity contribution in [3.63, 3.8) is 0 Å². The first-order chi connectivity index (χ1) is 7.25. The minimum Gasteiger partial charge on any atom is -0.396 e. The molecule has 0 bridgehead atoms. The van der Waals surface area contributed by atoms with Gasteiger partial charge in [-0.05, 0) is 6.42 Å². The maximum absolute atomic E-state index is 11.3. The molecule has 1 fully saturated rings. The van der Waals surface area contributed by atoms with Crippen molar-refractivity contribution in [2.75, 3.05) is 18.8 Å². The largest absolute Gasteiger partial charge is 0.396 e. The maximum Gasteiger partial charge on any atom is 0.222 e. The fraction of sp³-hybridized carbons (Fsp3) is 0.500. The number of nitrogens with two attached hydrogens (primary N) is 1. The average Bonchev–Trinajstić information content (AvgIpc) is 2.63. The van der Waals surface area contributed by atoms with E-state index in [0.29, 0.717) is 25.1 Å². The van der Waals surface area contributed by atoms with Crippen molar-refractivity contribution < 1.29 is 4.79 Å². The van der Waals surface area contributed by atoms with E-state index in [1.54, 1.807) is 12.4 Å².